The number of carbonyl (C=O) groups excluding carboxylic acids is 1. The summed E-state index contributed by atoms with van der Waals surface area (Å²) in [5, 5.41) is 0. The number of unbranched alkanes of at least 4 members (excludes halogenated alkanes) is 10. The fourth-order valence-corrected chi connectivity index (χ4v) is 2.93. The average Bonchev–Trinajstić information content (AvgIpc) is 2.52. The van der Waals surface area contributed by atoms with E-state index in [9.17, 15) is 4.79 Å². The number of amides is 1. The lowest BCUT2D eigenvalue weighted by molar-refractivity contribution is -0.130. The number of carbonyl (C=O) groups is 1. The molecule has 0 heterocycles. The molecule has 0 aliphatic rings. The molecule has 0 N–H and O–H groups in total. The summed E-state index contributed by atoms with van der Waals surface area (Å²) >= 11 is 5.73. The van der Waals surface area contributed by atoms with E-state index in [4.69, 9.17) is 11.6 Å². The second kappa shape index (κ2) is 17.1. The Kier molecular flexibility index (Phi) is 16.9. The van der Waals surface area contributed by atoms with E-state index in [2.05, 4.69) is 18.7 Å². The van der Waals surface area contributed by atoms with Gasteiger partial charge in [-0.1, -0.05) is 78.1 Å². The SMILES string of the molecule is CCCCCCCCN(CCCCCCCC)C(=O)CCCl. The first-order valence-electron chi connectivity index (χ1n) is 9.60. The monoisotopic (exact) mass is 331 g/mol. The minimum Gasteiger partial charge on any atom is -0.343 e. The third-order valence-electron chi connectivity index (χ3n) is 4.22. The van der Waals surface area contributed by atoms with Crippen LogP contribution in [0.2, 0.25) is 0 Å². The molecule has 0 aliphatic carbocycles. The fraction of sp³-hybridized carbons (Fsp3) is 0.947. The molecular weight excluding hydrogens is 294 g/mol. The van der Waals surface area contributed by atoms with Gasteiger partial charge >= 0.3 is 0 Å². The maximum atomic E-state index is 12.1. The topological polar surface area (TPSA) is 20.3 Å². The van der Waals surface area contributed by atoms with Crippen molar-refractivity contribution in [3.8, 4) is 0 Å². The smallest absolute Gasteiger partial charge is 0.223 e. The predicted molar refractivity (Wildman–Crippen MR) is 98.7 cm³/mol. The van der Waals surface area contributed by atoms with Gasteiger partial charge in [-0.05, 0) is 12.8 Å². The molecule has 0 unspecified atom stereocenters. The van der Waals surface area contributed by atoms with E-state index in [0.29, 0.717) is 12.3 Å². The van der Waals surface area contributed by atoms with Crippen LogP contribution in [0.3, 0.4) is 0 Å². The van der Waals surface area contributed by atoms with Crippen molar-refractivity contribution in [3.05, 3.63) is 0 Å². The molecule has 0 aromatic rings. The Labute approximate surface area is 144 Å². The van der Waals surface area contributed by atoms with Crippen molar-refractivity contribution < 1.29 is 4.79 Å². The first-order chi connectivity index (χ1) is 10.8. The summed E-state index contributed by atoms with van der Waals surface area (Å²) in [7, 11) is 0. The Morgan fingerprint density at radius 2 is 1.14 bits per heavy atom. The van der Waals surface area contributed by atoms with Crippen molar-refractivity contribution in [2.24, 2.45) is 0 Å². The summed E-state index contributed by atoms with van der Waals surface area (Å²) in [6, 6.07) is 0. The first-order valence-corrected chi connectivity index (χ1v) is 10.1. The van der Waals surface area contributed by atoms with E-state index in [0.717, 1.165) is 25.9 Å². The zero-order valence-electron chi connectivity index (χ0n) is 15.0. The van der Waals surface area contributed by atoms with Crippen LogP contribution in [0.4, 0.5) is 0 Å². The minimum absolute atomic E-state index is 0.247. The molecular formula is C19H38ClNO. The molecule has 0 radical (unpaired) electrons. The zero-order valence-corrected chi connectivity index (χ0v) is 15.8. The second-order valence-electron chi connectivity index (χ2n) is 6.36. The van der Waals surface area contributed by atoms with Crippen LogP contribution in [0.25, 0.3) is 0 Å². The lowest BCUT2D eigenvalue weighted by Gasteiger charge is -2.22. The molecule has 0 bridgehead atoms. The molecule has 0 spiro atoms. The summed E-state index contributed by atoms with van der Waals surface area (Å²) in [6.45, 7) is 6.34. The highest BCUT2D eigenvalue weighted by Gasteiger charge is 2.11. The quantitative estimate of drug-likeness (QED) is 0.245. The molecule has 132 valence electrons. The highest BCUT2D eigenvalue weighted by atomic mass is 35.5. The Morgan fingerprint density at radius 1 is 0.727 bits per heavy atom. The third-order valence-corrected chi connectivity index (χ3v) is 4.41. The predicted octanol–water partition coefficient (Wildman–Crippen LogP) is 6.16. The number of hydrogen-bond donors (Lipinski definition) is 0. The minimum atomic E-state index is 0.247. The van der Waals surface area contributed by atoms with Crippen LogP contribution >= 0.6 is 11.6 Å². The van der Waals surface area contributed by atoms with Crippen LogP contribution in [0.5, 0.6) is 0 Å². The van der Waals surface area contributed by atoms with Gasteiger partial charge < -0.3 is 4.90 Å². The van der Waals surface area contributed by atoms with Crippen LogP contribution in [0.15, 0.2) is 0 Å². The van der Waals surface area contributed by atoms with Gasteiger partial charge in [0.25, 0.3) is 0 Å². The summed E-state index contributed by atoms with van der Waals surface area (Å²) < 4.78 is 0. The largest absolute Gasteiger partial charge is 0.343 e. The van der Waals surface area contributed by atoms with E-state index in [1.54, 1.807) is 0 Å². The van der Waals surface area contributed by atoms with Gasteiger partial charge in [-0.2, -0.15) is 0 Å². The maximum Gasteiger partial charge on any atom is 0.223 e. The van der Waals surface area contributed by atoms with Crippen molar-refractivity contribution in [2.45, 2.75) is 97.3 Å². The van der Waals surface area contributed by atoms with Gasteiger partial charge in [-0.3, -0.25) is 4.79 Å². The second-order valence-corrected chi connectivity index (χ2v) is 6.73. The zero-order chi connectivity index (χ0) is 16.5. The number of nitrogens with zero attached hydrogens (tertiary/aromatic N) is 1. The van der Waals surface area contributed by atoms with E-state index >= 15 is 0 Å². The van der Waals surface area contributed by atoms with Gasteiger partial charge in [0, 0.05) is 25.4 Å². The third kappa shape index (κ3) is 13.4. The van der Waals surface area contributed by atoms with Crippen LogP contribution < -0.4 is 0 Å². The Morgan fingerprint density at radius 3 is 1.55 bits per heavy atom. The molecule has 1 amide bonds. The summed E-state index contributed by atoms with van der Waals surface area (Å²) in [5.41, 5.74) is 0. The number of alkyl halides is 1. The molecule has 0 saturated carbocycles. The lowest BCUT2D eigenvalue weighted by Crippen LogP contribution is -2.33. The summed E-state index contributed by atoms with van der Waals surface area (Å²) in [5.74, 6) is 0.694. The van der Waals surface area contributed by atoms with Gasteiger partial charge in [-0.15, -0.1) is 11.6 Å². The summed E-state index contributed by atoms with van der Waals surface area (Å²) in [6.07, 6.45) is 15.8. The molecule has 0 atom stereocenters. The molecule has 0 aromatic carbocycles. The van der Waals surface area contributed by atoms with Gasteiger partial charge in [-0.25, -0.2) is 0 Å². The number of halogens is 1. The van der Waals surface area contributed by atoms with E-state index in [1.165, 1.54) is 64.2 Å². The van der Waals surface area contributed by atoms with E-state index in [-0.39, 0.29) is 5.91 Å². The summed E-state index contributed by atoms with van der Waals surface area (Å²) in [4.78, 5) is 14.2. The van der Waals surface area contributed by atoms with Gasteiger partial charge in [0.15, 0.2) is 0 Å². The Hall–Kier alpha value is -0.240. The van der Waals surface area contributed by atoms with E-state index < -0.39 is 0 Å². The molecule has 3 heteroatoms. The highest BCUT2D eigenvalue weighted by molar-refractivity contribution is 6.18. The molecule has 0 fully saturated rings. The molecule has 2 nitrogen and oxygen atoms in total. The molecule has 0 saturated heterocycles. The molecule has 0 rings (SSSR count). The van der Waals surface area contributed by atoms with E-state index in [1.807, 2.05) is 0 Å². The standard InChI is InChI=1S/C19H38ClNO/c1-3-5-7-9-11-13-17-21(19(22)15-16-20)18-14-12-10-8-6-4-2/h3-18H2,1-2H3. The maximum absolute atomic E-state index is 12.1. The highest BCUT2D eigenvalue weighted by Crippen LogP contribution is 2.10. The lowest BCUT2D eigenvalue weighted by atomic mass is 10.1. The molecule has 0 aliphatic heterocycles. The van der Waals surface area contributed by atoms with Crippen LogP contribution in [-0.4, -0.2) is 29.8 Å². The van der Waals surface area contributed by atoms with Crippen molar-refractivity contribution in [1.82, 2.24) is 4.90 Å². The fourth-order valence-electron chi connectivity index (χ4n) is 2.77. The molecule has 0 aromatic heterocycles. The van der Waals surface area contributed by atoms with Gasteiger partial charge in [0.2, 0.25) is 5.91 Å². The normalized spacial score (nSPS) is 10.9. The Balaban J connectivity index is 3.82. The molecule has 22 heavy (non-hydrogen) atoms. The van der Waals surface area contributed by atoms with Crippen LogP contribution in [0.1, 0.15) is 97.3 Å². The average molecular weight is 332 g/mol. The van der Waals surface area contributed by atoms with Crippen LogP contribution in [0, 0.1) is 0 Å². The van der Waals surface area contributed by atoms with Crippen molar-refractivity contribution in [3.63, 3.8) is 0 Å². The number of rotatable bonds is 16. The van der Waals surface area contributed by atoms with Crippen molar-refractivity contribution >= 4 is 17.5 Å². The van der Waals surface area contributed by atoms with Gasteiger partial charge in [0.05, 0.1) is 0 Å². The van der Waals surface area contributed by atoms with Crippen LogP contribution in [-0.2, 0) is 4.79 Å². The van der Waals surface area contributed by atoms with Gasteiger partial charge in [0.1, 0.15) is 0 Å². The first kappa shape index (κ1) is 21.8. The Bertz CT molecular complexity index is 230. The number of hydrogen-bond acceptors (Lipinski definition) is 1. The van der Waals surface area contributed by atoms with Crippen molar-refractivity contribution in [2.75, 3.05) is 19.0 Å². The van der Waals surface area contributed by atoms with Crippen molar-refractivity contribution in [1.29, 1.82) is 0 Å².